The molecule has 7 nitrogen and oxygen atoms in total. The minimum absolute atomic E-state index is 0.162. The average molecular weight is 367 g/mol. The van der Waals surface area contributed by atoms with E-state index in [1.165, 1.54) is 0 Å². The molecule has 1 unspecified atom stereocenters. The van der Waals surface area contributed by atoms with Crippen molar-refractivity contribution in [2.24, 2.45) is 0 Å². The summed E-state index contributed by atoms with van der Waals surface area (Å²) in [5, 5.41) is 11.4. The lowest BCUT2D eigenvalue weighted by Crippen LogP contribution is -2.20. The zero-order valence-corrected chi connectivity index (χ0v) is 14.6. The van der Waals surface area contributed by atoms with Crippen LogP contribution in [0.3, 0.4) is 0 Å². The van der Waals surface area contributed by atoms with Gasteiger partial charge in [-0.15, -0.1) is 0 Å². The normalized spacial score (nSPS) is 12.2. The number of hydrogen-bond donors (Lipinski definition) is 3. The number of aromatic amines is 2. The Kier molecular flexibility index (Phi) is 4.14. The van der Waals surface area contributed by atoms with Crippen LogP contribution in [0.25, 0.3) is 22.3 Å². The fourth-order valence-electron chi connectivity index (χ4n) is 2.76. The molecule has 130 valence electrons. The maximum atomic E-state index is 12.4. The standard InChI is InChI=1S/C18H15ClN6O/c1-10(13-9-11-8-12(19)2-3-14(11)23-17(13)26)22-18-20-6-4-15(24-18)16-5-7-21-25-16/h2-10H,1H3,(H,21,25)(H,23,26)(H,20,22,24). The summed E-state index contributed by atoms with van der Waals surface area (Å²) >= 11 is 6.05. The minimum Gasteiger partial charge on any atom is -0.347 e. The quantitative estimate of drug-likeness (QED) is 0.513. The first-order valence-corrected chi connectivity index (χ1v) is 8.40. The summed E-state index contributed by atoms with van der Waals surface area (Å²) in [5.74, 6) is 0.426. The molecule has 8 heteroatoms. The number of halogens is 1. The van der Waals surface area contributed by atoms with Gasteiger partial charge in [0.25, 0.3) is 5.56 Å². The highest BCUT2D eigenvalue weighted by atomic mass is 35.5. The van der Waals surface area contributed by atoms with Crippen LogP contribution in [0.5, 0.6) is 0 Å². The fourth-order valence-corrected chi connectivity index (χ4v) is 2.94. The Bertz CT molecular complexity index is 1120. The SMILES string of the molecule is CC(Nc1nccc(-c2ccn[nH]2)n1)c1cc2cc(Cl)ccc2[nH]c1=O. The number of pyridine rings is 1. The number of aromatic nitrogens is 5. The second kappa shape index (κ2) is 6.61. The third-order valence-electron chi connectivity index (χ3n) is 4.08. The number of nitrogens with zero attached hydrogens (tertiary/aromatic N) is 3. The Morgan fingerprint density at radius 1 is 1.15 bits per heavy atom. The number of benzene rings is 1. The van der Waals surface area contributed by atoms with E-state index in [1.54, 1.807) is 30.6 Å². The molecule has 3 heterocycles. The van der Waals surface area contributed by atoms with Gasteiger partial charge in [-0.05, 0) is 43.3 Å². The number of nitrogens with one attached hydrogen (secondary N) is 3. The third-order valence-corrected chi connectivity index (χ3v) is 4.31. The number of H-pyrrole nitrogens is 2. The molecule has 0 spiro atoms. The second-order valence-electron chi connectivity index (χ2n) is 5.89. The van der Waals surface area contributed by atoms with Gasteiger partial charge in [-0.2, -0.15) is 5.10 Å². The molecule has 0 amide bonds. The Labute approximate surface area is 153 Å². The topological polar surface area (TPSA) is 99.3 Å². The molecule has 1 atom stereocenters. The highest BCUT2D eigenvalue weighted by Crippen LogP contribution is 2.21. The van der Waals surface area contributed by atoms with Gasteiger partial charge >= 0.3 is 0 Å². The molecule has 0 aliphatic heterocycles. The van der Waals surface area contributed by atoms with Crippen LogP contribution >= 0.6 is 11.6 Å². The maximum Gasteiger partial charge on any atom is 0.253 e. The summed E-state index contributed by atoms with van der Waals surface area (Å²) in [6.07, 6.45) is 3.32. The predicted molar refractivity (Wildman–Crippen MR) is 101 cm³/mol. The zero-order chi connectivity index (χ0) is 18.1. The van der Waals surface area contributed by atoms with Crippen molar-refractivity contribution >= 4 is 28.5 Å². The van der Waals surface area contributed by atoms with Crippen LogP contribution in [0.1, 0.15) is 18.5 Å². The van der Waals surface area contributed by atoms with E-state index >= 15 is 0 Å². The molecule has 4 aromatic rings. The van der Waals surface area contributed by atoms with Gasteiger partial charge in [0.1, 0.15) is 0 Å². The molecular weight excluding hydrogens is 352 g/mol. The molecule has 0 saturated carbocycles. The van der Waals surface area contributed by atoms with E-state index < -0.39 is 0 Å². The van der Waals surface area contributed by atoms with Crippen LogP contribution in [0.15, 0.2) is 53.6 Å². The van der Waals surface area contributed by atoms with E-state index in [1.807, 2.05) is 25.1 Å². The molecule has 3 aromatic heterocycles. The van der Waals surface area contributed by atoms with Crippen molar-refractivity contribution in [1.82, 2.24) is 25.1 Å². The van der Waals surface area contributed by atoms with Gasteiger partial charge < -0.3 is 10.3 Å². The summed E-state index contributed by atoms with van der Waals surface area (Å²) in [5.41, 5.74) is 2.67. The minimum atomic E-state index is -0.292. The van der Waals surface area contributed by atoms with E-state index in [2.05, 4.69) is 30.5 Å². The summed E-state index contributed by atoms with van der Waals surface area (Å²) in [6, 6.07) is 10.5. The Balaban J connectivity index is 1.65. The monoisotopic (exact) mass is 366 g/mol. The van der Waals surface area contributed by atoms with Gasteiger partial charge in [0.05, 0.1) is 17.4 Å². The number of rotatable bonds is 4. The van der Waals surface area contributed by atoms with Crippen LogP contribution in [-0.4, -0.2) is 25.1 Å². The molecule has 0 saturated heterocycles. The van der Waals surface area contributed by atoms with E-state index in [0.717, 1.165) is 16.6 Å². The Morgan fingerprint density at radius 2 is 2.04 bits per heavy atom. The molecule has 0 radical (unpaired) electrons. The lowest BCUT2D eigenvalue weighted by atomic mass is 10.1. The summed E-state index contributed by atoms with van der Waals surface area (Å²) in [4.78, 5) is 24.0. The van der Waals surface area contributed by atoms with Crippen LogP contribution in [0.4, 0.5) is 5.95 Å². The van der Waals surface area contributed by atoms with Crippen LogP contribution < -0.4 is 10.9 Å². The smallest absolute Gasteiger partial charge is 0.253 e. The van der Waals surface area contributed by atoms with E-state index in [0.29, 0.717) is 22.2 Å². The van der Waals surface area contributed by atoms with Crippen molar-refractivity contribution in [1.29, 1.82) is 0 Å². The Hall–Kier alpha value is -3.19. The number of anilines is 1. The molecule has 0 aliphatic rings. The van der Waals surface area contributed by atoms with Crippen LogP contribution in [0.2, 0.25) is 5.02 Å². The molecule has 0 aliphatic carbocycles. The summed E-state index contributed by atoms with van der Waals surface area (Å²) in [6.45, 7) is 1.88. The van der Waals surface area contributed by atoms with Gasteiger partial charge in [0, 0.05) is 33.9 Å². The van der Waals surface area contributed by atoms with Gasteiger partial charge in [-0.3, -0.25) is 9.89 Å². The van der Waals surface area contributed by atoms with Gasteiger partial charge in [0.2, 0.25) is 5.95 Å². The van der Waals surface area contributed by atoms with Crippen molar-refractivity contribution in [3.05, 3.63) is 69.7 Å². The predicted octanol–water partition coefficient (Wildman–Crippen LogP) is 3.53. The van der Waals surface area contributed by atoms with Gasteiger partial charge in [-0.25, -0.2) is 9.97 Å². The number of hydrogen-bond acceptors (Lipinski definition) is 5. The van der Waals surface area contributed by atoms with Crippen molar-refractivity contribution in [2.45, 2.75) is 13.0 Å². The molecule has 4 rings (SSSR count). The average Bonchev–Trinajstić information content (AvgIpc) is 3.16. The Morgan fingerprint density at radius 3 is 2.85 bits per heavy atom. The van der Waals surface area contributed by atoms with Crippen LogP contribution in [0, 0.1) is 0 Å². The number of fused-ring (bicyclic) bond motifs is 1. The highest BCUT2D eigenvalue weighted by Gasteiger charge is 2.13. The van der Waals surface area contributed by atoms with E-state index in [9.17, 15) is 4.79 Å². The largest absolute Gasteiger partial charge is 0.347 e. The lowest BCUT2D eigenvalue weighted by Gasteiger charge is -2.14. The third kappa shape index (κ3) is 3.16. The van der Waals surface area contributed by atoms with E-state index in [-0.39, 0.29) is 11.6 Å². The summed E-state index contributed by atoms with van der Waals surface area (Å²) < 4.78 is 0. The van der Waals surface area contributed by atoms with Crippen molar-refractivity contribution in [2.75, 3.05) is 5.32 Å². The first kappa shape index (κ1) is 16.3. The molecule has 0 fully saturated rings. The van der Waals surface area contributed by atoms with Crippen molar-refractivity contribution in [3.8, 4) is 11.4 Å². The molecule has 1 aromatic carbocycles. The second-order valence-corrected chi connectivity index (χ2v) is 6.32. The van der Waals surface area contributed by atoms with Crippen molar-refractivity contribution in [3.63, 3.8) is 0 Å². The van der Waals surface area contributed by atoms with Gasteiger partial charge in [-0.1, -0.05) is 11.6 Å². The molecule has 3 N–H and O–H groups in total. The van der Waals surface area contributed by atoms with E-state index in [4.69, 9.17) is 11.6 Å². The zero-order valence-electron chi connectivity index (χ0n) is 13.8. The molecule has 26 heavy (non-hydrogen) atoms. The molecular formula is C18H15ClN6O. The highest BCUT2D eigenvalue weighted by molar-refractivity contribution is 6.31. The first-order valence-electron chi connectivity index (χ1n) is 8.02. The summed E-state index contributed by atoms with van der Waals surface area (Å²) in [7, 11) is 0. The fraction of sp³-hybridized carbons (Fsp3) is 0.111. The molecule has 0 bridgehead atoms. The van der Waals surface area contributed by atoms with Crippen molar-refractivity contribution < 1.29 is 0 Å². The van der Waals surface area contributed by atoms with Gasteiger partial charge in [0.15, 0.2) is 0 Å². The lowest BCUT2D eigenvalue weighted by molar-refractivity contribution is 0.845. The van der Waals surface area contributed by atoms with Crippen LogP contribution in [-0.2, 0) is 0 Å². The maximum absolute atomic E-state index is 12.4. The first-order chi connectivity index (χ1) is 12.6.